The molecular formula is C23H30N4O5. The summed E-state index contributed by atoms with van der Waals surface area (Å²) in [5, 5.41) is 5.98. The van der Waals surface area contributed by atoms with Crippen molar-refractivity contribution in [3.05, 3.63) is 34.1 Å². The number of hydrogen-bond acceptors (Lipinski definition) is 6. The zero-order valence-corrected chi connectivity index (χ0v) is 18.8. The van der Waals surface area contributed by atoms with E-state index in [2.05, 4.69) is 22.5 Å². The molecule has 0 aliphatic carbocycles. The Morgan fingerprint density at radius 1 is 1.19 bits per heavy atom. The number of aryl methyl sites for hydroxylation is 1. The van der Waals surface area contributed by atoms with Gasteiger partial charge in [0, 0.05) is 31.4 Å². The van der Waals surface area contributed by atoms with Crippen LogP contribution < -0.4 is 25.5 Å². The molecule has 4 rings (SSSR count). The Kier molecular flexibility index (Phi) is 6.36. The average Bonchev–Trinajstić information content (AvgIpc) is 3.45. The molecule has 9 heteroatoms. The van der Waals surface area contributed by atoms with Crippen LogP contribution in [-0.2, 0) is 11.3 Å². The van der Waals surface area contributed by atoms with Gasteiger partial charge in [-0.1, -0.05) is 6.92 Å². The number of rotatable bonds is 7. The predicted octanol–water partition coefficient (Wildman–Crippen LogP) is 1.47. The van der Waals surface area contributed by atoms with E-state index in [0.717, 1.165) is 25.9 Å². The van der Waals surface area contributed by atoms with Crippen LogP contribution in [0.25, 0.3) is 10.9 Å². The van der Waals surface area contributed by atoms with E-state index in [4.69, 9.17) is 9.47 Å². The number of fused-ring (bicyclic) bond motifs is 2. The summed E-state index contributed by atoms with van der Waals surface area (Å²) in [4.78, 5) is 40.9. The van der Waals surface area contributed by atoms with Crippen LogP contribution in [0, 0.1) is 0 Å². The van der Waals surface area contributed by atoms with Gasteiger partial charge in [-0.2, -0.15) is 0 Å². The zero-order chi connectivity index (χ0) is 22.8. The second-order valence-corrected chi connectivity index (χ2v) is 8.25. The Labute approximate surface area is 186 Å². The zero-order valence-electron chi connectivity index (χ0n) is 18.8. The molecule has 1 fully saturated rings. The molecule has 3 heterocycles. The number of hydrogen-bond donors (Lipinski definition) is 2. The summed E-state index contributed by atoms with van der Waals surface area (Å²) in [6.45, 7) is 8.88. The van der Waals surface area contributed by atoms with E-state index in [9.17, 15) is 14.4 Å². The number of ether oxygens (including phenoxy) is 2. The lowest BCUT2D eigenvalue weighted by Crippen LogP contribution is -2.49. The molecule has 2 N–H and O–H groups in total. The smallest absolute Gasteiger partial charge is 0.257 e. The first kappa shape index (κ1) is 22.1. The van der Waals surface area contributed by atoms with E-state index in [1.807, 2.05) is 11.5 Å². The molecule has 2 aromatic rings. The molecule has 0 spiro atoms. The van der Waals surface area contributed by atoms with E-state index < -0.39 is 17.4 Å². The van der Waals surface area contributed by atoms with Crippen molar-refractivity contribution >= 4 is 22.7 Å². The summed E-state index contributed by atoms with van der Waals surface area (Å²) in [5.41, 5.74) is 0.254. The van der Waals surface area contributed by atoms with Gasteiger partial charge in [-0.3, -0.25) is 19.3 Å². The quantitative estimate of drug-likeness (QED) is 0.673. The molecule has 32 heavy (non-hydrogen) atoms. The lowest BCUT2D eigenvalue weighted by Gasteiger charge is -2.24. The van der Waals surface area contributed by atoms with E-state index in [1.165, 1.54) is 6.20 Å². The highest BCUT2D eigenvalue weighted by Gasteiger charge is 2.26. The molecule has 1 aromatic heterocycles. The van der Waals surface area contributed by atoms with Crippen molar-refractivity contribution in [1.82, 2.24) is 20.1 Å². The Bertz CT molecular complexity index is 1100. The fourth-order valence-electron chi connectivity index (χ4n) is 4.46. The van der Waals surface area contributed by atoms with Gasteiger partial charge in [0.15, 0.2) is 11.5 Å². The molecule has 0 bridgehead atoms. The van der Waals surface area contributed by atoms with E-state index >= 15 is 0 Å². The average molecular weight is 443 g/mol. The van der Waals surface area contributed by atoms with Crippen LogP contribution in [0.3, 0.4) is 0 Å². The number of carbonyl (C=O) groups excluding carboxylic acids is 2. The monoisotopic (exact) mass is 442 g/mol. The molecular weight excluding hydrogens is 412 g/mol. The van der Waals surface area contributed by atoms with E-state index in [1.54, 1.807) is 19.1 Å². The molecule has 2 aliphatic rings. The maximum atomic E-state index is 13.1. The van der Waals surface area contributed by atoms with Gasteiger partial charge in [-0.25, -0.2) is 0 Å². The van der Waals surface area contributed by atoms with Crippen LogP contribution >= 0.6 is 0 Å². The van der Waals surface area contributed by atoms with E-state index in [-0.39, 0.29) is 18.3 Å². The number of benzene rings is 1. The van der Waals surface area contributed by atoms with Crippen LogP contribution in [0.1, 0.15) is 44.0 Å². The molecule has 9 nitrogen and oxygen atoms in total. The predicted molar refractivity (Wildman–Crippen MR) is 120 cm³/mol. The van der Waals surface area contributed by atoms with Crippen LogP contribution in [0.4, 0.5) is 0 Å². The second-order valence-electron chi connectivity index (χ2n) is 8.25. The van der Waals surface area contributed by atoms with Gasteiger partial charge in [0.05, 0.1) is 10.9 Å². The maximum Gasteiger partial charge on any atom is 0.257 e. The summed E-state index contributed by atoms with van der Waals surface area (Å²) >= 11 is 0. The third-order valence-electron chi connectivity index (χ3n) is 6.32. The number of nitrogens with one attached hydrogen (secondary N) is 2. The molecule has 2 atom stereocenters. The van der Waals surface area contributed by atoms with Gasteiger partial charge >= 0.3 is 0 Å². The Balaban J connectivity index is 1.49. The van der Waals surface area contributed by atoms with Crippen LogP contribution in [0.15, 0.2) is 23.1 Å². The molecule has 0 radical (unpaired) electrons. The molecule has 2 unspecified atom stereocenters. The number of aromatic nitrogens is 1. The fraction of sp³-hybridized carbons (Fsp3) is 0.522. The second kappa shape index (κ2) is 9.20. The summed E-state index contributed by atoms with van der Waals surface area (Å²) < 4.78 is 12.6. The lowest BCUT2D eigenvalue weighted by molar-refractivity contribution is -0.122. The molecule has 1 aromatic carbocycles. The first-order valence-electron chi connectivity index (χ1n) is 11.2. The summed E-state index contributed by atoms with van der Waals surface area (Å²) in [5.74, 6) is 0.220. The van der Waals surface area contributed by atoms with Crippen molar-refractivity contribution in [3.63, 3.8) is 0 Å². The standard InChI is InChI=1S/C23H30N4O5/c1-4-26-8-6-7-15(26)11-24-22(29)14(3)25-23(30)17-12-27(5-2)18-10-20-19(31-13-32-20)9-16(18)21(17)28/h9-10,12,14-15H,4-8,11,13H2,1-3H3,(H,24,29)(H,25,30). The molecule has 0 saturated carbocycles. The summed E-state index contributed by atoms with van der Waals surface area (Å²) in [7, 11) is 0. The number of pyridine rings is 1. The Morgan fingerprint density at radius 2 is 1.94 bits per heavy atom. The number of likely N-dealkylation sites (N-methyl/N-ethyl adjacent to an activating group) is 1. The highest BCUT2D eigenvalue weighted by molar-refractivity contribution is 6.00. The van der Waals surface area contributed by atoms with Crippen molar-refractivity contribution in [1.29, 1.82) is 0 Å². The molecule has 172 valence electrons. The minimum absolute atomic E-state index is 0.00850. The minimum Gasteiger partial charge on any atom is -0.454 e. The lowest BCUT2D eigenvalue weighted by atomic mass is 10.1. The fourth-order valence-corrected chi connectivity index (χ4v) is 4.46. The van der Waals surface area contributed by atoms with Gasteiger partial charge in [-0.05, 0) is 45.8 Å². The Hall–Kier alpha value is -3.07. The highest BCUT2D eigenvalue weighted by atomic mass is 16.7. The van der Waals surface area contributed by atoms with Gasteiger partial charge in [0.25, 0.3) is 5.91 Å². The third kappa shape index (κ3) is 4.17. The van der Waals surface area contributed by atoms with Crippen molar-refractivity contribution in [3.8, 4) is 11.5 Å². The first-order valence-corrected chi connectivity index (χ1v) is 11.2. The molecule has 2 amide bonds. The normalized spacial score (nSPS) is 18.7. The highest BCUT2D eigenvalue weighted by Crippen LogP contribution is 2.35. The van der Waals surface area contributed by atoms with Gasteiger partial charge in [0.1, 0.15) is 11.6 Å². The first-order chi connectivity index (χ1) is 15.4. The van der Waals surface area contributed by atoms with E-state index in [0.29, 0.717) is 41.5 Å². The molecule has 1 saturated heterocycles. The summed E-state index contributed by atoms with van der Waals surface area (Å²) in [6, 6.07) is 2.93. The number of amides is 2. The van der Waals surface area contributed by atoms with Crippen molar-refractivity contribution in [2.45, 2.75) is 52.2 Å². The maximum absolute atomic E-state index is 13.1. The third-order valence-corrected chi connectivity index (χ3v) is 6.32. The topological polar surface area (TPSA) is 102 Å². The summed E-state index contributed by atoms with van der Waals surface area (Å²) in [6.07, 6.45) is 3.72. The van der Waals surface area contributed by atoms with Crippen molar-refractivity contribution in [2.75, 3.05) is 26.4 Å². The van der Waals surface area contributed by atoms with Crippen LogP contribution in [0.5, 0.6) is 11.5 Å². The van der Waals surface area contributed by atoms with Gasteiger partial charge in [-0.15, -0.1) is 0 Å². The SMILES string of the molecule is CCN1CCCC1CNC(=O)C(C)NC(=O)c1cn(CC)c2cc3c(cc2c1=O)OCO3. The largest absolute Gasteiger partial charge is 0.454 e. The minimum atomic E-state index is -0.763. The Morgan fingerprint density at radius 3 is 2.66 bits per heavy atom. The number of nitrogens with zero attached hydrogens (tertiary/aromatic N) is 2. The van der Waals surface area contributed by atoms with Crippen LogP contribution in [0.2, 0.25) is 0 Å². The van der Waals surface area contributed by atoms with Gasteiger partial charge in [0.2, 0.25) is 18.1 Å². The van der Waals surface area contributed by atoms with Gasteiger partial charge < -0.3 is 24.7 Å². The van der Waals surface area contributed by atoms with Crippen molar-refractivity contribution in [2.24, 2.45) is 0 Å². The molecule has 2 aliphatic heterocycles. The van der Waals surface area contributed by atoms with Crippen molar-refractivity contribution < 1.29 is 19.1 Å². The van der Waals surface area contributed by atoms with Crippen LogP contribution in [-0.4, -0.2) is 59.8 Å². The number of likely N-dealkylation sites (tertiary alicyclic amines) is 1. The number of carbonyl (C=O) groups is 2.